The molecule has 3 rings (SSSR count). The summed E-state index contributed by atoms with van der Waals surface area (Å²) in [7, 11) is 1.32. The zero-order chi connectivity index (χ0) is 20.8. The number of hydrogen-bond acceptors (Lipinski definition) is 8. The molecule has 4 N–H and O–H groups in total. The Labute approximate surface area is 168 Å². The molecular weight excluding hydrogens is 372 g/mol. The lowest BCUT2D eigenvalue weighted by atomic mass is 10.1. The average Bonchev–Trinajstić information content (AvgIpc) is 2.71. The summed E-state index contributed by atoms with van der Waals surface area (Å²) in [6, 6.07) is 11.0. The van der Waals surface area contributed by atoms with E-state index in [0.717, 1.165) is 11.3 Å². The molecule has 2 aromatic heterocycles. The summed E-state index contributed by atoms with van der Waals surface area (Å²) in [6.07, 6.45) is -0.362. The van der Waals surface area contributed by atoms with E-state index in [1.807, 2.05) is 38.1 Å². The fourth-order valence-electron chi connectivity index (χ4n) is 2.67. The number of carbonyl (C=O) groups is 1. The topological polar surface area (TPSA) is 124 Å². The highest BCUT2D eigenvalue weighted by Crippen LogP contribution is 2.25. The lowest BCUT2D eigenvalue weighted by molar-refractivity contribution is 0.0870. The summed E-state index contributed by atoms with van der Waals surface area (Å²) >= 11 is 0. The van der Waals surface area contributed by atoms with E-state index in [1.54, 1.807) is 12.1 Å². The van der Waals surface area contributed by atoms with Crippen molar-refractivity contribution in [2.24, 2.45) is 0 Å². The maximum absolute atomic E-state index is 11.3. The molecular formula is C20H24N6O3. The second-order valence-corrected chi connectivity index (χ2v) is 6.53. The molecule has 0 spiro atoms. The van der Waals surface area contributed by atoms with Gasteiger partial charge in [0.2, 0.25) is 5.95 Å². The number of methoxy groups -OCH3 is 1. The summed E-state index contributed by atoms with van der Waals surface area (Å²) in [5, 5.41) is 5.83. The smallest absolute Gasteiger partial charge is 0.411 e. The minimum absolute atomic E-state index is 0.158. The van der Waals surface area contributed by atoms with E-state index in [4.69, 9.17) is 15.5 Å². The number of nitrogen functional groups attached to an aromatic ring is 1. The molecule has 0 aliphatic carbocycles. The lowest BCUT2D eigenvalue weighted by Gasteiger charge is -2.12. The van der Waals surface area contributed by atoms with Gasteiger partial charge in [-0.1, -0.05) is 12.1 Å². The van der Waals surface area contributed by atoms with Gasteiger partial charge in [0.1, 0.15) is 5.52 Å². The predicted octanol–water partition coefficient (Wildman–Crippen LogP) is 3.29. The summed E-state index contributed by atoms with van der Waals surface area (Å²) in [6.45, 7) is 5.08. The summed E-state index contributed by atoms with van der Waals surface area (Å²) in [4.78, 5) is 24.6. The average molecular weight is 396 g/mol. The maximum atomic E-state index is 11.3. The number of fused-ring (bicyclic) bond motifs is 1. The Bertz CT molecular complexity index is 991. The largest absolute Gasteiger partial charge is 0.453 e. The summed E-state index contributed by atoms with van der Waals surface area (Å²) in [5.74, 6) is 0.739. The summed E-state index contributed by atoms with van der Waals surface area (Å²) in [5.41, 5.74) is 9.36. The van der Waals surface area contributed by atoms with Crippen LogP contribution >= 0.6 is 0 Å². The molecule has 9 nitrogen and oxygen atoms in total. The number of pyridine rings is 1. The number of nitrogens with zero attached hydrogens (tertiary/aromatic N) is 3. The van der Waals surface area contributed by atoms with E-state index in [0.29, 0.717) is 35.7 Å². The normalized spacial score (nSPS) is 10.9. The van der Waals surface area contributed by atoms with Crippen LogP contribution in [0.1, 0.15) is 13.8 Å². The van der Waals surface area contributed by atoms with Gasteiger partial charge in [0, 0.05) is 17.8 Å². The van der Waals surface area contributed by atoms with Crippen LogP contribution in [-0.4, -0.2) is 47.4 Å². The first-order valence-electron chi connectivity index (χ1n) is 9.21. The fourth-order valence-corrected chi connectivity index (χ4v) is 2.67. The SMILES string of the molecule is COC(=O)Nc1ccc(-c2ccc3nc(N)nc(NCCOC(C)C)c3n2)cc1. The van der Waals surface area contributed by atoms with E-state index in [-0.39, 0.29) is 12.1 Å². The zero-order valence-electron chi connectivity index (χ0n) is 16.6. The van der Waals surface area contributed by atoms with Gasteiger partial charge in [-0.3, -0.25) is 5.32 Å². The molecule has 29 heavy (non-hydrogen) atoms. The van der Waals surface area contributed by atoms with Gasteiger partial charge >= 0.3 is 6.09 Å². The lowest BCUT2D eigenvalue weighted by Crippen LogP contribution is -2.15. The van der Waals surface area contributed by atoms with Crippen molar-refractivity contribution in [3.8, 4) is 11.3 Å². The molecule has 0 unspecified atom stereocenters. The van der Waals surface area contributed by atoms with E-state index < -0.39 is 6.09 Å². The van der Waals surface area contributed by atoms with Gasteiger partial charge in [0.05, 0.1) is 31.0 Å². The van der Waals surface area contributed by atoms with Crippen LogP contribution in [-0.2, 0) is 9.47 Å². The van der Waals surface area contributed by atoms with Crippen LogP contribution in [0.2, 0.25) is 0 Å². The van der Waals surface area contributed by atoms with Gasteiger partial charge in [-0.25, -0.2) is 14.8 Å². The van der Waals surface area contributed by atoms with E-state index in [2.05, 4.69) is 25.3 Å². The first-order valence-corrected chi connectivity index (χ1v) is 9.21. The van der Waals surface area contributed by atoms with Crippen molar-refractivity contribution in [3.63, 3.8) is 0 Å². The quantitative estimate of drug-likeness (QED) is 0.520. The monoisotopic (exact) mass is 396 g/mol. The van der Waals surface area contributed by atoms with Crippen molar-refractivity contribution >= 4 is 34.6 Å². The highest BCUT2D eigenvalue weighted by atomic mass is 16.5. The molecule has 152 valence electrons. The number of ether oxygens (including phenoxy) is 2. The molecule has 0 radical (unpaired) electrons. The van der Waals surface area contributed by atoms with Gasteiger partial charge in [0.15, 0.2) is 5.82 Å². The van der Waals surface area contributed by atoms with Crippen molar-refractivity contribution in [3.05, 3.63) is 36.4 Å². The number of aromatic nitrogens is 3. The van der Waals surface area contributed by atoms with Crippen LogP contribution in [0.4, 0.5) is 22.2 Å². The first-order chi connectivity index (χ1) is 14.0. The molecule has 0 atom stereocenters. The van der Waals surface area contributed by atoms with Crippen molar-refractivity contribution in [2.45, 2.75) is 20.0 Å². The van der Waals surface area contributed by atoms with Crippen LogP contribution in [0.5, 0.6) is 0 Å². The number of benzene rings is 1. The van der Waals surface area contributed by atoms with Crippen molar-refractivity contribution in [2.75, 3.05) is 36.6 Å². The van der Waals surface area contributed by atoms with E-state index >= 15 is 0 Å². The Balaban J connectivity index is 1.85. The molecule has 9 heteroatoms. The van der Waals surface area contributed by atoms with Crippen LogP contribution < -0.4 is 16.4 Å². The fraction of sp³-hybridized carbons (Fsp3) is 0.300. The van der Waals surface area contributed by atoms with Crippen LogP contribution in [0, 0.1) is 0 Å². The van der Waals surface area contributed by atoms with Gasteiger partial charge in [-0.15, -0.1) is 0 Å². The van der Waals surface area contributed by atoms with Crippen molar-refractivity contribution in [1.82, 2.24) is 15.0 Å². The van der Waals surface area contributed by atoms with Crippen molar-refractivity contribution < 1.29 is 14.3 Å². The molecule has 1 aromatic carbocycles. The molecule has 0 bridgehead atoms. The Morgan fingerprint density at radius 1 is 1.10 bits per heavy atom. The third-order valence-corrected chi connectivity index (χ3v) is 4.02. The van der Waals surface area contributed by atoms with Gasteiger partial charge in [0.25, 0.3) is 0 Å². The summed E-state index contributed by atoms with van der Waals surface area (Å²) < 4.78 is 10.1. The number of amides is 1. The van der Waals surface area contributed by atoms with Gasteiger partial charge in [-0.05, 0) is 38.1 Å². The molecule has 0 aliphatic rings. The third-order valence-electron chi connectivity index (χ3n) is 4.02. The standard InChI is InChI=1S/C20H24N6O3/c1-12(2)29-11-10-22-18-17-16(25-19(21)26-18)9-8-15(24-17)13-4-6-14(7-5-13)23-20(27)28-3/h4-9,12H,10-11H2,1-3H3,(H,23,27)(H3,21,22,25,26). The van der Waals surface area contributed by atoms with E-state index in [1.165, 1.54) is 7.11 Å². The Hall–Kier alpha value is -3.46. The minimum atomic E-state index is -0.520. The molecule has 1 amide bonds. The second kappa shape index (κ2) is 9.16. The number of nitrogens with one attached hydrogen (secondary N) is 2. The number of hydrogen-bond donors (Lipinski definition) is 3. The first kappa shape index (κ1) is 20.3. The molecule has 0 saturated heterocycles. The van der Waals surface area contributed by atoms with Gasteiger partial charge < -0.3 is 20.5 Å². The maximum Gasteiger partial charge on any atom is 0.411 e. The Morgan fingerprint density at radius 3 is 2.55 bits per heavy atom. The number of rotatable bonds is 7. The second-order valence-electron chi connectivity index (χ2n) is 6.53. The van der Waals surface area contributed by atoms with Crippen LogP contribution in [0.25, 0.3) is 22.3 Å². The minimum Gasteiger partial charge on any atom is -0.453 e. The molecule has 2 heterocycles. The number of carbonyl (C=O) groups excluding carboxylic acids is 1. The molecule has 0 fully saturated rings. The Kier molecular flexibility index (Phi) is 6.40. The molecule has 0 saturated carbocycles. The Morgan fingerprint density at radius 2 is 1.86 bits per heavy atom. The van der Waals surface area contributed by atoms with E-state index in [9.17, 15) is 4.79 Å². The third kappa shape index (κ3) is 5.29. The number of nitrogens with two attached hydrogens (primary N) is 1. The molecule has 0 aliphatic heterocycles. The highest BCUT2D eigenvalue weighted by molar-refractivity contribution is 5.88. The van der Waals surface area contributed by atoms with Gasteiger partial charge in [-0.2, -0.15) is 4.98 Å². The zero-order valence-corrected chi connectivity index (χ0v) is 16.6. The highest BCUT2D eigenvalue weighted by Gasteiger charge is 2.10. The predicted molar refractivity (Wildman–Crippen MR) is 113 cm³/mol. The van der Waals surface area contributed by atoms with Crippen molar-refractivity contribution in [1.29, 1.82) is 0 Å². The number of anilines is 3. The van der Waals surface area contributed by atoms with Crippen LogP contribution in [0.3, 0.4) is 0 Å². The molecule has 3 aromatic rings. The van der Waals surface area contributed by atoms with Crippen LogP contribution in [0.15, 0.2) is 36.4 Å².